The van der Waals surface area contributed by atoms with Gasteiger partial charge in [0.25, 0.3) is 0 Å². The lowest BCUT2D eigenvalue weighted by atomic mass is 9.83. The second-order valence-corrected chi connectivity index (χ2v) is 7.54. The van der Waals surface area contributed by atoms with Gasteiger partial charge < -0.3 is 20.3 Å². The van der Waals surface area contributed by atoms with Crippen molar-refractivity contribution in [2.45, 2.75) is 44.2 Å². The van der Waals surface area contributed by atoms with Crippen LogP contribution in [0.15, 0.2) is 30.3 Å². The predicted octanol–water partition coefficient (Wildman–Crippen LogP) is 1.95. The standard InChI is InChI=1S/C21H31N3O3/c1-23-19(25)9-8-18(20(23)16-6-3-2-4-7-16)21(26)24-13-10-17(11-14-24)27-15-5-12-22/h2-4,6-7,17-18,20H,5,8-15,22H2,1H3. The molecule has 2 atom stereocenters. The highest BCUT2D eigenvalue weighted by Crippen LogP contribution is 2.37. The van der Waals surface area contributed by atoms with Gasteiger partial charge in [-0.3, -0.25) is 9.59 Å². The Morgan fingerprint density at radius 1 is 1.19 bits per heavy atom. The number of likely N-dealkylation sites (tertiary alicyclic amines) is 2. The first kappa shape index (κ1) is 19.8. The highest BCUT2D eigenvalue weighted by Gasteiger charge is 2.41. The minimum absolute atomic E-state index is 0.111. The van der Waals surface area contributed by atoms with Crippen LogP contribution in [0.3, 0.4) is 0 Å². The van der Waals surface area contributed by atoms with Gasteiger partial charge in [-0.25, -0.2) is 0 Å². The molecular formula is C21H31N3O3. The number of nitrogens with two attached hydrogens (primary N) is 1. The lowest BCUT2D eigenvalue weighted by Gasteiger charge is -2.42. The van der Waals surface area contributed by atoms with Crippen LogP contribution >= 0.6 is 0 Å². The van der Waals surface area contributed by atoms with E-state index in [1.54, 1.807) is 4.90 Å². The van der Waals surface area contributed by atoms with Crippen LogP contribution in [0.2, 0.25) is 0 Å². The van der Waals surface area contributed by atoms with Crippen molar-refractivity contribution in [3.8, 4) is 0 Å². The Labute approximate surface area is 161 Å². The van der Waals surface area contributed by atoms with Gasteiger partial charge in [-0.1, -0.05) is 30.3 Å². The number of rotatable bonds is 6. The first-order valence-corrected chi connectivity index (χ1v) is 10.0. The minimum Gasteiger partial charge on any atom is -0.378 e. The highest BCUT2D eigenvalue weighted by molar-refractivity contribution is 5.85. The molecule has 2 aliphatic rings. The maximum Gasteiger partial charge on any atom is 0.228 e. The molecule has 0 spiro atoms. The number of carbonyl (C=O) groups excluding carboxylic acids is 2. The third-order valence-corrected chi connectivity index (χ3v) is 5.77. The van der Waals surface area contributed by atoms with Gasteiger partial charge in [0.2, 0.25) is 11.8 Å². The van der Waals surface area contributed by atoms with E-state index in [0.29, 0.717) is 26.0 Å². The Morgan fingerprint density at radius 3 is 2.56 bits per heavy atom. The van der Waals surface area contributed by atoms with Gasteiger partial charge in [0.1, 0.15) is 0 Å². The zero-order valence-corrected chi connectivity index (χ0v) is 16.2. The summed E-state index contributed by atoms with van der Waals surface area (Å²) < 4.78 is 5.85. The molecule has 6 heteroatoms. The Hall–Kier alpha value is -1.92. The molecule has 27 heavy (non-hydrogen) atoms. The number of ether oxygens (including phenoxy) is 1. The summed E-state index contributed by atoms with van der Waals surface area (Å²) >= 11 is 0. The average Bonchev–Trinajstić information content (AvgIpc) is 2.71. The molecule has 2 fully saturated rings. The summed E-state index contributed by atoms with van der Waals surface area (Å²) in [6, 6.07) is 9.73. The lowest BCUT2D eigenvalue weighted by Crippen LogP contribution is -2.50. The summed E-state index contributed by atoms with van der Waals surface area (Å²) in [6.45, 7) is 2.79. The first-order chi connectivity index (χ1) is 13.1. The Morgan fingerprint density at radius 2 is 1.89 bits per heavy atom. The van der Waals surface area contributed by atoms with E-state index < -0.39 is 0 Å². The van der Waals surface area contributed by atoms with E-state index in [-0.39, 0.29) is 29.9 Å². The van der Waals surface area contributed by atoms with Crippen LogP contribution in [0.4, 0.5) is 0 Å². The van der Waals surface area contributed by atoms with Gasteiger partial charge in [0.05, 0.1) is 18.1 Å². The Balaban J connectivity index is 1.65. The SMILES string of the molecule is CN1C(=O)CCC(C(=O)N2CCC(OCCCN)CC2)C1c1ccccc1. The van der Waals surface area contributed by atoms with Crippen molar-refractivity contribution in [2.24, 2.45) is 11.7 Å². The summed E-state index contributed by atoms with van der Waals surface area (Å²) in [5.74, 6) is 0.105. The van der Waals surface area contributed by atoms with Crippen molar-refractivity contribution < 1.29 is 14.3 Å². The van der Waals surface area contributed by atoms with Gasteiger partial charge in [0.15, 0.2) is 0 Å². The second-order valence-electron chi connectivity index (χ2n) is 7.54. The van der Waals surface area contributed by atoms with Crippen molar-refractivity contribution in [1.82, 2.24) is 9.80 Å². The molecule has 3 rings (SSSR count). The van der Waals surface area contributed by atoms with Gasteiger partial charge in [0, 0.05) is 33.2 Å². The lowest BCUT2D eigenvalue weighted by molar-refractivity contribution is -0.148. The normalized spacial score (nSPS) is 24.3. The maximum atomic E-state index is 13.3. The van der Waals surface area contributed by atoms with E-state index in [9.17, 15) is 9.59 Å². The summed E-state index contributed by atoms with van der Waals surface area (Å²) in [5, 5.41) is 0. The summed E-state index contributed by atoms with van der Waals surface area (Å²) in [6.07, 6.45) is 3.90. The number of amides is 2. The van der Waals surface area contributed by atoms with Gasteiger partial charge in [-0.15, -0.1) is 0 Å². The fourth-order valence-corrected chi connectivity index (χ4v) is 4.21. The Kier molecular flexibility index (Phi) is 6.85. The summed E-state index contributed by atoms with van der Waals surface area (Å²) in [5.41, 5.74) is 6.54. The molecule has 0 saturated carbocycles. The van der Waals surface area contributed by atoms with Crippen LogP contribution in [0, 0.1) is 5.92 Å². The van der Waals surface area contributed by atoms with Crippen LogP contribution in [-0.4, -0.2) is 61.0 Å². The molecule has 2 aliphatic heterocycles. The monoisotopic (exact) mass is 373 g/mol. The summed E-state index contributed by atoms with van der Waals surface area (Å²) in [4.78, 5) is 29.3. The van der Waals surface area contributed by atoms with Crippen molar-refractivity contribution in [3.63, 3.8) is 0 Å². The summed E-state index contributed by atoms with van der Waals surface area (Å²) in [7, 11) is 1.82. The van der Waals surface area contributed by atoms with Crippen molar-refractivity contribution >= 4 is 11.8 Å². The molecule has 2 N–H and O–H groups in total. The van der Waals surface area contributed by atoms with E-state index in [4.69, 9.17) is 10.5 Å². The fraction of sp³-hybridized carbons (Fsp3) is 0.619. The van der Waals surface area contributed by atoms with E-state index in [1.807, 2.05) is 42.3 Å². The van der Waals surface area contributed by atoms with Crippen LogP contribution < -0.4 is 5.73 Å². The predicted molar refractivity (Wildman–Crippen MR) is 104 cm³/mol. The van der Waals surface area contributed by atoms with Crippen LogP contribution in [-0.2, 0) is 14.3 Å². The molecule has 2 unspecified atom stereocenters. The molecule has 2 heterocycles. The molecule has 0 bridgehead atoms. The van der Waals surface area contributed by atoms with E-state index in [0.717, 1.165) is 37.9 Å². The van der Waals surface area contributed by atoms with Gasteiger partial charge in [-0.2, -0.15) is 0 Å². The number of hydrogen-bond donors (Lipinski definition) is 1. The number of benzene rings is 1. The van der Waals surface area contributed by atoms with Gasteiger partial charge >= 0.3 is 0 Å². The zero-order valence-electron chi connectivity index (χ0n) is 16.2. The third-order valence-electron chi connectivity index (χ3n) is 5.77. The smallest absolute Gasteiger partial charge is 0.228 e. The van der Waals surface area contributed by atoms with Crippen molar-refractivity contribution in [1.29, 1.82) is 0 Å². The number of nitrogens with zero attached hydrogens (tertiary/aromatic N) is 2. The Bertz CT molecular complexity index is 629. The highest BCUT2D eigenvalue weighted by atomic mass is 16.5. The topological polar surface area (TPSA) is 75.9 Å². The van der Waals surface area contributed by atoms with E-state index in [2.05, 4.69) is 0 Å². The van der Waals surface area contributed by atoms with Crippen LogP contribution in [0.25, 0.3) is 0 Å². The molecule has 148 valence electrons. The number of piperidine rings is 2. The van der Waals surface area contributed by atoms with Crippen molar-refractivity contribution in [3.05, 3.63) is 35.9 Å². The van der Waals surface area contributed by atoms with Crippen molar-refractivity contribution in [2.75, 3.05) is 33.3 Å². The molecular weight excluding hydrogens is 342 g/mol. The van der Waals surface area contributed by atoms with E-state index in [1.165, 1.54) is 0 Å². The van der Waals surface area contributed by atoms with Crippen LogP contribution in [0.1, 0.15) is 43.7 Å². The molecule has 6 nitrogen and oxygen atoms in total. The largest absolute Gasteiger partial charge is 0.378 e. The molecule has 2 amide bonds. The quantitative estimate of drug-likeness (QED) is 0.774. The maximum absolute atomic E-state index is 13.3. The molecule has 0 aliphatic carbocycles. The molecule has 0 aromatic heterocycles. The zero-order chi connectivity index (χ0) is 19.2. The molecule has 1 aromatic rings. The first-order valence-electron chi connectivity index (χ1n) is 10.0. The average molecular weight is 373 g/mol. The fourth-order valence-electron chi connectivity index (χ4n) is 4.21. The molecule has 2 saturated heterocycles. The van der Waals surface area contributed by atoms with Gasteiger partial charge in [-0.05, 0) is 37.8 Å². The molecule has 1 aromatic carbocycles. The number of hydrogen-bond acceptors (Lipinski definition) is 4. The van der Waals surface area contributed by atoms with E-state index >= 15 is 0 Å². The minimum atomic E-state index is -0.182. The molecule has 0 radical (unpaired) electrons. The number of carbonyl (C=O) groups is 2. The van der Waals surface area contributed by atoms with Crippen LogP contribution in [0.5, 0.6) is 0 Å². The second kappa shape index (κ2) is 9.33. The third kappa shape index (κ3) is 4.68.